The highest BCUT2D eigenvalue weighted by Crippen LogP contribution is 2.30. The van der Waals surface area contributed by atoms with Gasteiger partial charge >= 0.3 is 6.03 Å². The average molecular weight is 705 g/mol. The fraction of sp³-hybridized carbons (Fsp3) is 0.469. The fourth-order valence-electron chi connectivity index (χ4n) is 4.12. The van der Waals surface area contributed by atoms with Crippen molar-refractivity contribution in [3.63, 3.8) is 0 Å². The number of hydrogen-bond donors (Lipinski definition) is 6. The molecule has 0 radical (unpaired) electrons. The summed E-state index contributed by atoms with van der Waals surface area (Å²) in [5.74, 6) is 0.545. The largest absolute Gasteiger partial charge is 0.491 e. The zero-order valence-electron chi connectivity index (χ0n) is 27.6. The molecule has 2 aromatic carbocycles. The van der Waals surface area contributed by atoms with Crippen LogP contribution < -0.4 is 31.7 Å². The van der Waals surface area contributed by atoms with Crippen LogP contribution in [-0.4, -0.2) is 120 Å². The highest BCUT2D eigenvalue weighted by Gasteiger charge is 2.12. The van der Waals surface area contributed by atoms with Gasteiger partial charge in [0.1, 0.15) is 12.4 Å². The number of amides is 3. The minimum absolute atomic E-state index is 0.0907. The third-order valence-corrected chi connectivity index (χ3v) is 6.56. The number of carbonyl (C=O) groups excluding carboxylic acids is 2. The van der Waals surface area contributed by atoms with Crippen molar-refractivity contribution >= 4 is 46.4 Å². The zero-order valence-corrected chi connectivity index (χ0v) is 28.3. The second-order valence-corrected chi connectivity index (χ2v) is 10.6. The predicted molar refractivity (Wildman–Crippen MR) is 185 cm³/mol. The maximum Gasteiger partial charge on any atom is 0.314 e. The third kappa shape index (κ3) is 16.6. The molecule has 0 fully saturated rings. The number of benzene rings is 2. The van der Waals surface area contributed by atoms with E-state index in [1.807, 2.05) is 24.3 Å². The first-order valence-electron chi connectivity index (χ1n) is 15.8. The Labute approximate surface area is 290 Å². The molecular formula is C32H45ClN8O8. The second-order valence-electron chi connectivity index (χ2n) is 10.2. The van der Waals surface area contributed by atoms with E-state index in [0.717, 1.165) is 10.9 Å². The van der Waals surface area contributed by atoms with Crippen LogP contribution in [0.3, 0.4) is 0 Å². The van der Waals surface area contributed by atoms with Crippen LogP contribution >= 0.6 is 11.6 Å². The summed E-state index contributed by atoms with van der Waals surface area (Å²) in [6.07, 6.45) is 0. The third-order valence-electron chi connectivity index (χ3n) is 6.33. The normalized spacial score (nSPS) is 10.9. The Morgan fingerprint density at radius 1 is 0.735 bits per heavy atom. The van der Waals surface area contributed by atoms with E-state index in [0.29, 0.717) is 114 Å². The maximum absolute atomic E-state index is 11.8. The molecule has 1 heterocycles. The van der Waals surface area contributed by atoms with Gasteiger partial charge in [-0.1, -0.05) is 11.6 Å². The first-order valence-corrected chi connectivity index (χ1v) is 16.2. The Bertz CT molecular complexity index is 1450. The van der Waals surface area contributed by atoms with Crippen molar-refractivity contribution in [2.45, 2.75) is 6.92 Å². The van der Waals surface area contributed by atoms with Crippen molar-refractivity contribution in [3.8, 4) is 17.0 Å². The molecule has 49 heavy (non-hydrogen) atoms. The molecular weight excluding hydrogens is 660 g/mol. The summed E-state index contributed by atoms with van der Waals surface area (Å²) >= 11 is 6.22. The molecule has 0 aliphatic heterocycles. The molecule has 3 aromatic rings. The Morgan fingerprint density at radius 3 is 1.82 bits per heavy atom. The second kappa shape index (κ2) is 23.1. The number of ether oxygens (including phenoxy) is 6. The van der Waals surface area contributed by atoms with Crippen LogP contribution in [0.4, 0.5) is 10.7 Å². The van der Waals surface area contributed by atoms with Gasteiger partial charge in [0.25, 0.3) is 0 Å². The number of nitrogens with one attached hydrogen (secondary N) is 5. The van der Waals surface area contributed by atoms with E-state index in [2.05, 4.69) is 31.2 Å². The lowest BCUT2D eigenvalue weighted by Crippen LogP contribution is -2.39. The summed E-state index contributed by atoms with van der Waals surface area (Å²) in [7, 11) is 0. The topological polar surface area (TPSA) is 213 Å². The standard InChI is InChI=1S/C32H45ClN8O8/c1-23(42)36-8-11-44-14-15-45-12-9-37-32(43)38-10-13-46-16-17-47-18-19-48-20-21-49-26-5-2-24(3-6-26)29-27-22-25(33)4-7-28(27)39-31(40-29)41-30(34)35/h2-7,22H,8-21H2,1H3,(H,36,42)(H2,37,38,43)(H4,34,35,39,40,41). The number of fused-ring (bicyclic) bond motifs is 1. The van der Waals surface area contributed by atoms with Crippen LogP contribution in [0.1, 0.15) is 6.92 Å². The number of nitrogens with two attached hydrogens (primary N) is 1. The van der Waals surface area contributed by atoms with E-state index >= 15 is 0 Å². The summed E-state index contributed by atoms with van der Waals surface area (Å²) in [5, 5.41) is 19.5. The maximum atomic E-state index is 11.8. The number of guanidine groups is 1. The van der Waals surface area contributed by atoms with Crippen LogP contribution in [0.2, 0.25) is 5.02 Å². The molecule has 0 spiro atoms. The molecule has 0 atom stereocenters. The van der Waals surface area contributed by atoms with Crippen LogP contribution in [0, 0.1) is 5.41 Å². The molecule has 3 rings (SSSR count). The lowest BCUT2D eigenvalue weighted by Gasteiger charge is -2.11. The van der Waals surface area contributed by atoms with E-state index in [4.69, 9.17) is 51.2 Å². The van der Waals surface area contributed by atoms with E-state index in [1.165, 1.54) is 6.92 Å². The number of anilines is 1. The van der Waals surface area contributed by atoms with Gasteiger partial charge in [0.05, 0.1) is 77.3 Å². The van der Waals surface area contributed by atoms with E-state index in [1.54, 1.807) is 18.2 Å². The minimum atomic E-state index is -0.298. The summed E-state index contributed by atoms with van der Waals surface area (Å²) in [4.78, 5) is 31.4. The number of halogens is 1. The Hall–Kier alpha value is -4.32. The molecule has 0 aliphatic rings. The van der Waals surface area contributed by atoms with Crippen LogP contribution in [-0.2, 0) is 28.5 Å². The van der Waals surface area contributed by atoms with Gasteiger partial charge in [-0.05, 0) is 42.5 Å². The smallest absolute Gasteiger partial charge is 0.314 e. The van der Waals surface area contributed by atoms with Crippen molar-refractivity contribution in [2.24, 2.45) is 5.73 Å². The first-order chi connectivity index (χ1) is 23.8. The number of aromatic nitrogens is 2. The molecule has 1 aromatic heterocycles. The molecule has 0 saturated heterocycles. The van der Waals surface area contributed by atoms with Gasteiger partial charge in [-0.2, -0.15) is 0 Å². The molecule has 16 nitrogen and oxygen atoms in total. The van der Waals surface area contributed by atoms with Gasteiger partial charge in [0.15, 0.2) is 5.96 Å². The lowest BCUT2D eigenvalue weighted by atomic mass is 10.1. The predicted octanol–water partition coefficient (Wildman–Crippen LogP) is 2.15. The van der Waals surface area contributed by atoms with E-state index < -0.39 is 0 Å². The number of hydrogen-bond acceptors (Lipinski definition) is 11. The number of nitrogens with zero attached hydrogens (tertiary/aromatic N) is 2. The van der Waals surface area contributed by atoms with E-state index in [9.17, 15) is 9.59 Å². The van der Waals surface area contributed by atoms with Crippen LogP contribution in [0.25, 0.3) is 22.2 Å². The van der Waals surface area contributed by atoms with Crippen molar-refractivity contribution in [3.05, 3.63) is 47.5 Å². The van der Waals surface area contributed by atoms with Crippen molar-refractivity contribution in [2.75, 3.05) is 97.6 Å². The number of carbonyl (C=O) groups is 2. The fourth-order valence-corrected chi connectivity index (χ4v) is 4.30. The van der Waals surface area contributed by atoms with E-state index in [-0.39, 0.29) is 23.8 Å². The van der Waals surface area contributed by atoms with Gasteiger partial charge < -0.3 is 50.1 Å². The van der Waals surface area contributed by atoms with Gasteiger partial charge in [0.2, 0.25) is 11.9 Å². The number of urea groups is 1. The highest BCUT2D eigenvalue weighted by atomic mass is 35.5. The minimum Gasteiger partial charge on any atom is -0.491 e. The molecule has 0 unspecified atom stereocenters. The molecule has 7 N–H and O–H groups in total. The molecule has 0 bridgehead atoms. The van der Waals surface area contributed by atoms with Crippen LogP contribution in [0.5, 0.6) is 5.75 Å². The van der Waals surface area contributed by atoms with Crippen molar-refractivity contribution in [1.29, 1.82) is 5.41 Å². The summed E-state index contributed by atoms with van der Waals surface area (Å²) in [6, 6.07) is 12.5. The molecule has 17 heteroatoms. The average Bonchev–Trinajstić information content (AvgIpc) is 3.07. The highest BCUT2D eigenvalue weighted by molar-refractivity contribution is 6.31. The van der Waals surface area contributed by atoms with Gasteiger partial charge in [-0.25, -0.2) is 14.8 Å². The lowest BCUT2D eigenvalue weighted by molar-refractivity contribution is -0.119. The Morgan fingerprint density at radius 2 is 1.27 bits per heavy atom. The molecule has 0 aliphatic carbocycles. The summed E-state index contributed by atoms with van der Waals surface area (Å²) in [5.41, 5.74) is 7.60. The Kier molecular flexibility index (Phi) is 18.4. The SMILES string of the molecule is CC(=O)NCCOCCOCCNC(=O)NCCOCCOCCOCCOc1ccc(-c2nc(NC(=N)N)nc3ccc(Cl)cc23)cc1. The van der Waals surface area contributed by atoms with Gasteiger partial charge in [-0.15, -0.1) is 0 Å². The number of rotatable bonds is 24. The summed E-state index contributed by atoms with van der Waals surface area (Å²) in [6.45, 7) is 7.04. The van der Waals surface area contributed by atoms with Crippen molar-refractivity contribution < 1.29 is 38.0 Å². The van der Waals surface area contributed by atoms with Gasteiger partial charge in [-0.3, -0.25) is 15.5 Å². The quantitative estimate of drug-likeness (QED) is 0.0450. The van der Waals surface area contributed by atoms with Gasteiger partial charge in [0, 0.05) is 42.5 Å². The summed E-state index contributed by atoms with van der Waals surface area (Å²) < 4.78 is 33.0. The molecule has 3 amide bonds. The monoisotopic (exact) mass is 704 g/mol. The first kappa shape index (κ1) is 39.1. The molecule has 0 saturated carbocycles. The zero-order chi connectivity index (χ0) is 35.1. The van der Waals surface area contributed by atoms with Crippen LogP contribution in [0.15, 0.2) is 42.5 Å². The Balaban J connectivity index is 1.15. The molecule has 268 valence electrons. The van der Waals surface area contributed by atoms with Crippen molar-refractivity contribution in [1.82, 2.24) is 25.9 Å².